The molecule has 3 heteroatoms. The Morgan fingerprint density at radius 3 is 2.40 bits per heavy atom. The van der Waals surface area contributed by atoms with Gasteiger partial charge in [0.1, 0.15) is 12.0 Å². The molecule has 0 unspecified atom stereocenters. The van der Waals surface area contributed by atoms with Gasteiger partial charge in [-0.05, 0) is 6.07 Å². The topological polar surface area (TPSA) is 41.6 Å². The first-order valence-electron chi connectivity index (χ1n) is 5.37. The molecule has 0 aromatic carbocycles. The van der Waals surface area contributed by atoms with Crippen molar-refractivity contribution in [1.29, 1.82) is 0 Å². The lowest BCUT2D eigenvalue weighted by Gasteiger charge is -2.17. The average molecular weight is 205 g/mol. The van der Waals surface area contributed by atoms with Crippen LogP contribution in [0.2, 0.25) is 0 Å². The molecule has 0 atom stereocenters. The highest BCUT2D eigenvalue weighted by Crippen LogP contribution is 2.25. The quantitative estimate of drug-likeness (QED) is 0.717. The highest BCUT2D eigenvalue weighted by Gasteiger charge is 2.18. The van der Waals surface area contributed by atoms with Crippen LogP contribution >= 0.6 is 0 Å². The van der Waals surface area contributed by atoms with Crippen LogP contribution in [-0.2, 0) is 5.41 Å². The number of rotatable bonds is 0. The van der Waals surface area contributed by atoms with Crippen LogP contribution in [0.25, 0.3) is 11.0 Å². The second-order valence-corrected chi connectivity index (χ2v) is 4.21. The zero-order valence-corrected chi connectivity index (χ0v) is 10.1. The summed E-state index contributed by atoms with van der Waals surface area (Å²) >= 11 is 0. The Labute approximate surface area is 91.0 Å². The molecule has 0 aliphatic carbocycles. The summed E-state index contributed by atoms with van der Waals surface area (Å²) in [5.41, 5.74) is 2.09. The predicted molar refractivity (Wildman–Crippen MR) is 63.9 cm³/mol. The smallest absolute Gasteiger partial charge is 0.140 e. The molecular weight excluding hydrogens is 186 g/mol. The van der Waals surface area contributed by atoms with Crippen LogP contribution < -0.4 is 0 Å². The molecule has 3 nitrogen and oxygen atoms in total. The highest BCUT2D eigenvalue weighted by molar-refractivity contribution is 5.78. The Bertz CT molecular complexity index is 424. The summed E-state index contributed by atoms with van der Waals surface area (Å²) < 4.78 is 0. The molecule has 0 saturated heterocycles. The highest BCUT2D eigenvalue weighted by atomic mass is 14.9. The van der Waals surface area contributed by atoms with Crippen LogP contribution in [0, 0.1) is 0 Å². The summed E-state index contributed by atoms with van der Waals surface area (Å²) in [4.78, 5) is 11.5. The minimum Gasteiger partial charge on any atom is -0.346 e. The summed E-state index contributed by atoms with van der Waals surface area (Å²) in [6.45, 7) is 10.5. The summed E-state index contributed by atoms with van der Waals surface area (Å²) in [6, 6.07) is 2.02. The maximum atomic E-state index is 4.32. The molecule has 0 fully saturated rings. The number of nitrogens with zero attached hydrogens (tertiary/aromatic N) is 2. The van der Waals surface area contributed by atoms with E-state index in [0.717, 1.165) is 16.7 Å². The molecule has 0 bridgehead atoms. The molecule has 2 aromatic heterocycles. The molecule has 15 heavy (non-hydrogen) atoms. The fraction of sp³-hybridized carbons (Fsp3) is 0.500. The van der Waals surface area contributed by atoms with Crippen molar-refractivity contribution in [1.82, 2.24) is 15.0 Å². The van der Waals surface area contributed by atoms with Crippen molar-refractivity contribution in [3.8, 4) is 0 Å². The number of fused-ring (bicyclic) bond motifs is 1. The fourth-order valence-electron chi connectivity index (χ4n) is 1.47. The van der Waals surface area contributed by atoms with Gasteiger partial charge in [0.15, 0.2) is 0 Å². The maximum absolute atomic E-state index is 4.32. The third kappa shape index (κ3) is 2.35. The van der Waals surface area contributed by atoms with Crippen molar-refractivity contribution in [3.05, 3.63) is 24.3 Å². The van der Waals surface area contributed by atoms with Crippen molar-refractivity contribution in [3.63, 3.8) is 0 Å². The van der Waals surface area contributed by atoms with E-state index in [9.17, 15) is 0 Å². The molecule has 0 amide bonds. The number of nitrogens with one attached hydrogen (secondary N) is 1. The first-order chi connectivity index (χ1) is 7.09. The van der Waals surface area contributed by atoms with Crippen LogP contribution in [0.1, 0.15) is 40.3 Å². The molecule has 2 heterocycles. The van der Waals surface area contributed by atoms with Crippen molar-refractivity contribution >= 4 is 11.0 Å². The standard InChI is InChI=1S/C10H13N3.C2H6/c1-10(2,3)8-7-4-5-11-9(7)13-6-12-8;1-2/h4-6H,1-3H3,(H,11,12,13);1-2H3. The van der Waals surface area contributed by atoms with E-state index in [-0.39, 0.29) is 5.41 Å². The van der Waals surface area contributed by atoms with Crippen molar-refractivity contribution in [2.24, 2.45) is 0 Å². The van der Waals surface area contributed by atoms with Gasteiger partial charge in [0, 0.05) is 17.0 Å². The minimum absolute atomic E-state index is 0.0728. The van der Waals surface area contributed by atoms with E-state index in [1.54, 1.807) is 6.33 Å². The first kappa shape index (κ1) is 11.7. The van der Waals surface area contributed by atoms with Gasteiger partial charge in [-0.2, -0.15) is 0 Å². The van der Waals surface area contributed by atoms with E-state index in [0.29, 0.717) is 0 Å². The van der Waals surface area contributed by atoms with Gasteiger partial charge in [-0.25, -0.2) is 9.97 Å². The van der Waals surface area contributed by atoms with E-state index in [2.05, 4.69) is 35.7 Å². The molecule has 2 rings (SSSR count). The van der Waals surface area contributed by atoms with Crippen LogP contribution in [-0.4, -0.2) is 15.0 Å². The van der Waals surface area contributed by atoms with Crippen LogP contribution in [0.3, 0.4) is 0 Å². The Kier molecular flexibility index (Phi) is 3.45. The van der Waals surface area contributed by atoms with Crippen LogP contribution in [0.5, 0.6) is 0 Å². The molecular formula is C12H19N3. The minimum atomic E-state index is 0.0728. The van der Waals surface area contributed by atoms with Gasteiger partial charge in [0.2, 0.25) is 0 Å². The monoisotopic (exact) mass is 205 g/mol. The maximum Gasteiger partial charge on any atom is 0.140 e. The summed E-state index contributed by atoms with van der Waals surface area (Å²) in [5.74, 6) is 0. The van der Waals surface area contributed by atoms with Crippen molar-refractivity contribution in [2.45, 2.75) is 40.0 Å². The van der Waals surface area contributed by atoms with Crippen molar-refractivity contribution in [2.75, 3.05) is 0 Å². The second kappa shape index (κ2) is 4.43. The third-order valence-electron chi connectivity index (χ3n) is 2.06. The van der Waals surface area contributed by atoms with Gasteiger partial charge < -0.3 is 4.98 Å². The molecule has 0 saturated carbocycles. The number of aromatic nitrogens is 3. The fourth-order valence-corrected chi connectivity index (χ4v) is 1.47. The third-order valence-corrected chi connectivity index (χ3v) is 2.06. The van der Waals surface area contributed by atoms with E-state index in [4.69, 9.17) is 0 Å². The molecule has 82 valence electrons. The average Bonchev–Trinajstić information content (AvgIpc) is 2.66. The summed E-state index contributed by atoms with van der Waals surface area (Å²) in [5, 5.41) is 1.12. The lowest BCUT2D eigenvalue weighted by atomic mass is 9.90. The number of aromatic amines is 1. The Morgan fingerprint density at radius 2 is 1.80 bits per heavy atom. The van der Waals surface area contributed by atoms with E-state index < -0.39 is 0 Å². The van der Waals surface area contributed by atoms with Crippen molar-refractivity contribution < 1.29 is 0 Å². The summed E-state index contributed by atoms with van der Waals surface area (Å²) in [6.07, 6.45) is 3.51. The van der Waals surface area contributed by atoms with Gasteiger partial charge in [0.25, 0.3) is 0 Å². The van der Waals surface area contributed by atoms with Gasteiger partial charge >= 0.3 is 0 Å². The first-order valence-corrected chi connectivity index (χ1v) is 5.37. The van der Waals surface area contributed by atoms with E-state index in [1.807, 2.05) is 26.1 Å². The number of hydrogen-bond donors (Lipinski definition) is 1. The van der Waals surface area contributed by atoms with Crippen LogP contribution in [0.4, 0.5) is 0 Å². The molecule has 1 N–H and O–H groups in total. The zero-order valence-electron chi connectivity index (χ0n) is 10.1. The lowest BCUT2D eigenvalue weighted by Crippen LogP contribution is -2.13. The van der Waals surface area contributed by atoms with Gasteiger partial charge in [-0.3, -0.25) is 0 Å². The van der Waals surface area contributed by atoms with Gasteiger partial charge in [-0.15, -0.1) is 0 Å². The SMILES string of the molecule is CC.CC(C)(C)c1ncnc2[nH]ccc12. The van der Waals surface area contributed by atoms with Gasteiger partial charge in [0.05, 0.1) is 5.69 Å². The van der Waals surface area contributed by atoms with Gasteiger partial charge in [-0.1, -0.05) is 34.6 Å². The summed E-state index contributed by atoms with van der Waals surface area (Å²) in [7, 11) is 0. The Morgan fingerprint density at radius 1 is 1.13 bits per heavy atom. The zero-order chi connectivity index (χ0) is 11.5. The van der Waals surface area contributed by atoms with E-state index >= 15 is 0 Å². The van der Waals surface area contributed by atoms with E-state index in [1.165, 1.54) is 0 Å². The molecule has 2 aromatic rings. The molecule has 0 aliphatic heterocycles. The Balaban J connectivity index is 0.000000531. The molecule has 0 radical (unpaired) electrons. The predicted octanol–water partition coefficient (Wildman–Crippen LogP) is 3.28. The Hall–Kier alpha value is -1.38. The lowest BCUT2D eigenvalue weighted by molar-refractivity contribution is 0.574. The molecule has 0 spiro atoms. The van der Waals surface area contributed by atoms with Crippen LogP contribution in [0.15, 0.2) is 18.6 Å². The largest absolute Gasteiger partial charge is 0.346 e. The normalized spacial score (nSPS) is 11.0. The second-order valence-electron chi connectivity index (χ2n) is 4.21. The molecule has 0 aliphatic rings. The number of hydrogen-bond acceptors (Lipinski definition) is 2. The number of H-pyrrole nitrogens is 1.